The van der Waals surface area contributed by atoms with Gasteiger partial charge in [-0.2, -0.15) is 0 Å². The molecule has 0 spiro atoms. The van der Waals surface area contributed by atoms with Gasteiger partial charge in [-0.05, 0) is 92.8 Å². The first-order valence-corrected chi connectivity index (χ1v) is 14.8. The Morgan fingerprint density at radius 3 is 2.43 bits per heavy atom. The van der Waals surface area contributed by atoms with Crippen LogP contribution in [0.5, 0.6) is 0 Å². The molecule has 1 saturated heterocycles. The minimum atomic E-state index is -0.702. The van der Waals surface area contributed by atoms with Gasteiger partial charge in [-0.25, -0.2) is 0 Å². The third-order valence-corrected chi connectivity index (χ3v) is 13.1. The van der Waals surface area contributed by atoms with Crippen LogP contribution in [0, 0.1) is 45.3 Å². The van der Waals surface area contributed by atoms with E-state index in [9.17, 15) is 9.90 Å². The summed E-state index contributed by atoms with van der Waals surface area (Å²) in [5.74, 6) is 2.22. The first kappa shape index (κ1) is 27.8. The summed E-state index contributed by atoms with van der Waals surface area (Å²) in [6.07, 6.45) is 9.70. The first-order valence-electron chi connectivity index (χ1n) is 14.8. The van der Waals surface area contributed by atoms with Crippen LogP contribution in [-0.2, 0) is 19.0 Å². The molecule has 3 saturated carbocycles. The van der Waals surface area contributed by atoms with Crippen LogP contribution in [-0.4, -0.2) is 49.2 Å². The molecule has 5 aliphatic rings. The number of methoxy groups -OCH3 is 2. The lowest BCUT2D eigenvalue weighted by Gasteiger charge is -2.63. The van der Waals surface area contributed by atoms with Crippen LogP contribution in [0.15, 0.2) is 11.6 Å². The zero-order valence-electron chi connectivity index (χ0n) is 24.9. The number of hydrogen-bond acceptors (Lipinski definition) is 5. The number of ether oxygens (including phenoxy) is 3. The number of aliphatic hydroxyl groups is 1. The predicted molar refractivity (Wildman–Crippen MR) is 145 cm³/mol. The number of rotatable bonds is 5. The van der Waals surface area contributed by atoms with E-state index < -0.39 is 11.7 Å². The second-order valence-electron chi connectivity index (χ2n) is 15.0. The second-order valence-corrected chi connectivity index (χ2v) is 15.0. The molecule has 0 aromatic carbocycles. The number of carbonyl (C=O) groups is 1. The van der Waals surface area contributed by atoms with E-state index in [0.717, 1.165) is 25.7 Å². The fourth-order valence-electron chi connectivity index (χ4n) is 10.3. The zero-order valence-corrected chi connectivity index (χ0v) is 24.9. The summed E-state index contributed by atoms with van der Waals surface area (Å²) in [6, 6.07) is 0. The van der Waals surface area contributed by atoms with Gasteiger partial charge in [-0.1, -0.05) is 46.3 Å². The van der Waals surface area contributed by atoms with Gasteiger partial charge in [0.05, 0.1) is 11.7 Å². The second kappa shape index (κ2) is 8.88. The largest absolute Gasteiger partial charge is 0.387 e. The van der Waals surface area contributed by atoms with Gasteiger partial charge < -0.3 is 19.3 Å². The minimum Gasteiger partial charge on any atom is -0.387 e. The van der Waals surface area contributed by atoms with E-state index in [-0.39, 0.29) is 40.0 Å². The summed E-state index contributed by atoms with van der Waals surface area (Å²) in [5.41, 5.74) is 1.32. The number of carbonyl (C=O) groups excluding carboxylic acids is 1. The average Bonchev–Trinajstić information content (AvgIpc) is 3.39. The summed E-state index contributed by atoms with van der Waals surface area (Å²) in [6.45, 7) is 15.9. The predicted octanol–water partition coefficient (Wildman–Crippen LogP) is 6.32. The number of ketones is 1. The van der Waals surface area contributed by atoms with Gasteiger partial charge in [0, 0.05) is 32.0 Å². The molecular formula is C32H52O5. The maximum absolute atomic E-state index is 12.9. The lowest BCUT2D eigenvalue weighted by atomic mass is 9.41. The molecule has 5 rings (SSSR count). The monoisotopic (exact) mass is 516 g/mol. The van der Waals surface area contributed by atoms with Crippen LogP contribution in [0.3, 0.4) is 0 Å². The Morgan fingerprint density at radius 1 is 1.08 bits per heavy atom. The SMILES string of the molecule is CO[C@H]1O[C@@H]([C@H](O)C(C)(C)OC)C[C@H]1[C@@H]1CC[C@@]2(C)C3=CC[C@@H]4C(C)(C)C(=O)CC[C@]4(C)[C@H]3CC[C@]12C. The average molecular weight is 517 g/mol. The summed E-state index contributed by atoms with van der Waals surface area (Å²) >= 11 is 0. The molecule has 1 N–H and O–H groups in total. The zero-order chi connectivity index (χ0) is 27.2. The molecule has 37 heavy (non-hydrogen) atoms. The van der Waals surface area contributed by atoms with E-state index >= 15 is 0 Å². The molecule has 1 heterocycles. The van der Waals surface area contributed by atoms with Gasteiger partial charge >= 0.3 is 0 Å². The Morgan fingerprint density at radius 2 is 1.78 bits per heavy atom. The first-order chi connectivity index (χ1) is 17.2. The summed E-state index contributed by atoms with van der Waals surface area (Å²) in [4.78, 5) is 12.9. The van der Waals surface area contributed by atoms with E-state index in [1.54, 1.807) is 19.8 Å². The van der Waals surface area contributed by atoms with Gasteiger partial charge in [-0.15, -0.1) is 0 Å². The van der Waals surface area contributed by atoms with E-state index in [0.29, 0.717) is 23.5 Å². The molecule has 1 aliphatic heterocycles. The molecule has 0 radical (unpaired) electrons. The van der Waals surface area contributed by atoms with Crippen LogP contribution in [0.2, 0.25) is 0 Å². The number of allylic oxidation sites excluding steroid dienone is 2. The summed E-state index contributed by atoms with van der Waals surface area (Å²) < 4.78 is 17.9. The number of aliphatic hydroxyl groups excluding tert-OH is 1. The van der Waals surface area contributed by atoms with Crippen LogP contribution in [0.25, 0.3) is 0 Å². The molecule has 0 unspecified atom stereocenters. The lowest BCUT2D eigenvalue weighted by molar-refractivity contribution is -0.189. The van der Waals surface area contributed by atoms with Crippen molar-refractivity contribution in [1.82, 2.24) is 0 Å². The number of Topliss-reactive ketones (excluding diaryl/α,β-unsaturated/α-hetero) is 1. The van der Waals surface area contributed by atoms with Crippen molar-refractivity contribution in [3.8, 4) is 0 Å². The van der Waals surface area contributed by atoms with Crippen molar-refractivity contribution in [1.29, 1.82) is 0 Å². The van der Waals surface area contributed by atoms with Crippen LogP contribution < -0.4 is 0 Å². The molecule has 0 aromatic heterocycles. The normalized spacial score (nSPS) is 48.2. The lowest BCUT2D eigenvalue weighted by Crippen LogP contribution is -2.57. The maximum Gasteiger partial charge on any atom is 0.160 e. The fraction of sp³-hybridized carbons (Fsp3) is 0.906. The van der Waals surface area contributed by atoms with Crippen LogP contribution in [0.1, 0.15) is 99.8 Å². The van der Waals surface area contributed by atoms with Crippen molar-refractivity contribution in [2.45, 2.75) is 124 Å². The molecule has 0 bridgehead atoms. The van der Waals surface area contributed by atoms with Gasteiger partial charge in [0.1, 0.15) is 11.9 Å². The highest BCUT2D eigenvalue weighted by molar-refractivity contribution is 5.85. The molecular weight excluding hydrogens is 464 g/mol. The number of fused-ring (bicyclic) bond motifs is 5. The Hall–Kier alpha value is -0.750. The maximum atomic E-state index is 12.9. The molecule has 5 nitrogen and oxygen atoms in total. The van der Waals surface area contributed by atoms with Crippen molar-refractivity contribution < 1.29 is 24.1 Å². The van der Waals surface area contributed by atoms with Gasteiger partial charge in [0.15, 0.2) is 6.29 Å². The van der Waals surface area contributed by atoms with Gasteiger partial charge in [-0.3, -0.25) is 4.79 Å². The van der Waals surface area contributed by atoms with Crippen molar-refractivity contribution in [3.05, 3.63) is 11.6 Å². The third-order valence-electron chi connectivity index (χ3n) is 13.1. The van der Waals surface area contributed by atoms with Crippen molar-refractivity contribution in [2.24, 2.45) is 45.3 Å². The summed E-state index contributed by atoms with van der Waals surface area (Å²) in [7, 11) is 3.40. The standard InChI is InChI=1S/C32H52O5/c1-28(2)24-11-10-22-21(30(24,5)15-14-25(28)33)13-17-31(6)20(12-16-32(22,31)7)19-18-23(37-27(19)35-8)26(34)29(3,4)36-9/h10,19-21,23-24,26-27,34H,11-18H2,1-9H3/t19-,20-,21-,23+,24+,26-,27-,30+,31+,32-/m0/s1. The van der Waals surface area contributed by atoms with Crippen LogP contribution >= 0.6 is 0 Å². The van der Waals surface area contributed by atoms with Crippen molar-refractivity contribution in [2.75, 3.05) is 14.2 Å². The Bertz CT molecular complexity index is 953. The smallest absolute Gasteiger partial charge is 0.160 e. The molecule has 10 atom stereocenters. The van der Waals surface area contributed by atoms with Gasteiger partial charge in [0.2, 0.25) is 0 Å². The third kappa shape index (κ3) is 3.73. The van der Waals surface area contributed by atoms with E-state index in [4.69, 9.17) is 14.2 Å². The minimum absolute atomic E-state index is 0.154. The van der Waals surface area contributed by atoms with Gasteiger partial charge in [0.25, 0.3) is 0 Å². The highest BCUT2D eigenvalue weighted by Crippen LogP contribution is 2.73. The molecule has 5 heteroatoms. The molecule has 0 aromatic rings. The van der Waals surface area contributed by atoms with Crippen LogP contribution in [0.4, 0.5) is 0 Å². The van der Waals surface area contributed by atoms with E-state index in [1.807, 2.05) is 13.8 Å². The molecule has 4 fully saturated rings. The molecule has 0 amide bonds. The Balaban J connectivity index is 1.44. The van der Waals surface area contributed by atoms with E-state index in [1.165, 1.54) is 25.7 Å². The highest BCUT2D eigenvalue weighted by Gasteiger charge is 2.66. The highest BCUT2D eigenvalue weighted by atomic mass is 16.7. The van der Waals surface area contributed by atoms with Crippen molar-refractivity contribution in [3.63, 3.8) is 0 Å². The topological polar surface area (TPSA) is 65.0 Å². The van der Waals surface area contributed by atoms with Crippen molar-refractivity contribution >= 4 is 5.78 Å². The summed E-state index contributed by atoms with van der Waals surface area (Å²) in [5, 5.41) is 11.1. The molecule has 210 valence electrons. The Kier molecular flexibility index (Phi) is 6.67. The Labute approximate surface area is 225 Å². The quantitative estimate of drug-likeness (QED) is 0.433. The number of hydrogen-bond donors (Lipinski definition) is 1. The molecule has 4 aliphatic carbocycles. The van der Waals surface area contributed by atoms with E-state index in [2.05, 4.69) is 40.7 Å². The fourth-order valence-corrected chi connectivity index (χ4v) is 10.3.